The molecule has 4 nitrogen and oxygen atoms in total. The molecule has 0 unspecified atom stereocenters. The molecule has 0 amide bonds. The molecule has 1 saturated heterocycles. The monoisotopic (exact) mass is 366 g/mol. The number of aliphatic imine (C=N–C) groups is 1. The lowest BCUT2D eigenvalue weighted by Gasteiger charge is -2.33. The zero-order valence-electron chi connectivity index (χ0n) is 16.0. The van der Waals surface area contributed by atoms with Crippen molar-refractivity contribution in [2.45, 2.75) is 52.0 Å². The van der Waals surface area contributed by atoms with Crippen molar-refractivity contribution in [3.05, 3.63) is 35.4 Å². The summed E-state index contributed by atoms with van der Waals surface area (Å²) in [6.45, 7) is 8.87. The number of likely N-dealkylation sites (tertiary alicyclic amines) is 1. The van der Waals surface area contributed by atoms with Gasteiger partial charge in [0.25, 0.3) is 0 Å². The molecule has 0 spiro atoms. The van der Waals surface area contributed by atoms with E-state index in [0.717, 1.165) is 44.5 Å². The van der Waals surface area contributed by atoms with Gasteiger partial charge in [0.1, 0.15) is 11.6 Å². The number of piperidine rings is 1. The fourth-order valence-electron chi connectivity index (χ4n) is 3.22. The molecule has 2 N–H and O–H groups in total. The topological polar surface area (TPSA) is 39.7 Å². The predicted molar refractivity (Wildman–Crippen MR) is 104 cm³/mol. The van der Waals surface area contributed by atoms with Crippen LogP contribution in [0.1, 0.15) is 45.1 Å². The zero-order valence-corrected chi connectivity index (χ0v) is 16.0. The molecule has 0 atom stereocenters. The van der Waals surface area contributed by atoms with Gasteiger partial charge in [-0.15, -0.1) is 0 Å². The van der Waals surface area contributed by atoms with Crippen molar-refractivity contribution in [1.82, 2.24) is 15.5 Å². The summed E-state index contributed by atoms with van der Waals surface area (Å²) < 4.78 is 26.9. The third-order valence-electron chi connectivity index (χ3n) is 4.76. The third-order valence-corrected chi connectivity index (χ3v) is 4.76. The molecule has 1 aliphatic rings. The number of halogens is 2. The Morgan fingerprint density at radius 2 is 2.00 bits per heavy atom. The summed E-state index contributed by atoms with van der Waals surface area (Å²) in [5.41, 5.74) is 0.369. The van der Waals surface area contributed by atoms with E-state index in [2.05, 4.69) is 27.4 Å². The molecule has 1 aromatic carbocycles. The highest BCUT2D eigenvalue weighted by Crippen LogP contribution is 2.12. The van der Waals surface area contributed by atoms with Crippen LogP contribution in [0.25, 0.3) is 0 Å². The van der Waals surface area contributed by atoms with Crippen LogP contribution in [-0.2, 0) is 6.42 Å². The van der Waals surface area contributed by atoms with Crippen LogP contribution in [0.15, 0.2) is 23.2 Å². The molecule has 26 heavy (non-hydrogen) atoms. The molecule has 1 aromatic rings. The highest BCUT2D eigenvalue weighted by molar-refractivity contribution is 5.80. The first-order chi connectivity index (χ1) is 12.6. The van der Waals surface area contributed by atoms with E-state index < -0.39 is 5.82 Å². The molecule has 0 aliphatic carbocycles. The molecule has 1 fully saturated rings. The van der Waals surface area contributed by atoms with Gasteiger partial charge in [-0.25, -0.2) is 8.78 Å². The summed E-state index contributed by atoms with van der Waals surface area (Å²) in [5, 5.41) is 6.74. The minimum Gasteiger partial charge on any atom is -0.357 e. The van der Waals surface area contributed by atoms with Gasteiger partial charge in [-0.3, -0.25) is 4.99 Å². The normalized spacial score (nSPS) is 16.7. The van der Waals surface area contributed by atoms with Crippen molar-refractivity contribution in [2.24, 2.45) is 4.99 Å². The Morgan fingerprint density at radius 1 is 1.23 bits per heavy atom. The van der Waals surface area contributed by atoms with Crippen LogP contribution in [0.3, 0.4) is 0 Å². The second-order valence-corrected chi connectivity index (χ2v) is 6.86. The second-order valence-electron chi connectivity index (χ2n) is 6.86. The molecule has 6 heteroatoms. The van der Waals surface area contributed by atoms with Gasteiger partial charge in [0, 0.05) is 32.2 Å². The van der Waals surface area contributed by atoms with Crippen LogP contribution < -0.4 is 10.6 Å². The smallest absolute Gasteiger partial charge is 0.191 e. The lowest BCUT2D eigenvalue weighted by molar-refractivity contribution is 0.203. The van der Waals surface area contributed by atoms with Crippen molar-refractivity contribution in [3.63, 3.8) is 0 Å². The number of hydrogen-bond acceptors (Lipinski definition) is 2. The van der Waals surface area contributed by atoms with E-state index >= 15 is 0 Å². The Bertz CT molecular complexity index is 569. The molecule has 0 bridgehead atoms. The van der Waals surface area contributed by atoms with Crippen LogP contribution >= 0.6 is 0 Å². The van der Waals surface area contributed by atoms with E-state index in [-0.39, 0.29) is 5.82 Å². The minimum atomic E-state index is -0.412. The third kappa shape index (κ3) is 6.90. The van der Waals surface area contributed by atoms with Crippen molar-refractivity contribution in [2.75, 3.05) is 32.7 Å². The van der Waals surface area contributed by atoms with E-state index in [0.29, 0.717) is 24.6 Å². The lowest BCUT2D eigenvalue weighted by Crippen LogP contribution is -2.48. The van der Waals surface area contributed by atoms with Gasteiger partial charge in [-0.1, -0.05) is 13.3 Å². The van der Waals surface area contributed by atoms with Gasteiger partial charge < -0.3 is 15.5 Å². The van der Waals surface area contributed by atoms with E-state index in [9.17, 15) is 8.78 Å². The summed E-state index contributed by atoms with van der Waals surface area (Å²) in [6, 6.07) is 3.97. The Hall–Kier alpha value is -1.69. The quantitative estimate of drug-likeness (QED) is 0.548. The number of benzene rings is 1. The van der Waals surface area contributed by atoms with Crippen molar-refractivity contribution in [3.8, 4) is 0 Å². The number of hydrogen-bond donors (Lipinski definition) is 2. The van der Waals surface area contributed by atoms with Gasteiger partial charge in [0.2, 0.25) is 0 Å². The van der Waals surface area contributed by atoms with Gasteiger partial charge in [0.15, 0.2) is 5.96 Å². The summed E-state index contributed by atoms with van der Waals surface area (Å²) in [5.74, 6) is -0.0272. The number of rotatable bonds is 8. The summed E-state index contributed by atoms with van der Waals surface area (Å²) in [7, 11) is 0. The first-order valence-corrected chi connectivity index (χ1v) is 9.83. The maximum atomic E-state index is 13.7. The number of unbranched alkanes of at least 4 members (excludes halogenated alkanes) is 1. The van der Waals surface area contributed by atoms with Crippen LogP contribution in [0.4, 0.5) is 8.78 Å². The molecular weight excluding hydrogens is 334 g/mol. The Balaban J connectivity index is 1.82. The summed E-state index contributed by atoms with van der Waals surface area (Å²) in [6.07, 6.45) is 5.09. The van der Waals surface area contributed by atoms with Crippen LogP contribution in [0, 0.1) is 11.6 Å². The molecular formula is C20H32F2N4. The molecule has 0 saturated carbocycles. The average molecular weight is 367 g/mol. The highest BCUT2D eigenvalue weighted by atomic mass is 19.1. The fraction of sp³-hybridized carbons (Fsp3) is 0.650. The van der Waals surface area contributed by atoms with Gasteiger partial charge in [0.05, 0.1) is 0 Å². The van der Waals surface area contributed by atoms with E-state index in [1.54, 1.807) is 0 Å². The molecule has 0 aromatic heterocycles. The number of nitrogens with one attached hydrogen (secondary N) is 2. The summed E-state index contributed by atoms with van der Waals surface area (Å²) >= 11 is 0. The first kappa shape index (κ1) is 20.6. The number of guanidine groups is 1. The van der Waals surface area contributed by atoms with E-state index in [4.69, 9.17) is 0 Å². The van der Waals surface area contributed by atoms with Gasteiger partial charge >= 0.3 is 0 Å². The number of nitrogens with zero attached hydrogens (tertiary/aromatic N) is 2. The Morgan fingerprint density at radius 3 is 2.69 bits per heavy atom. The van der Waals surface area contributed by atoms with Crippen LogP contribution in [-0.4, -0.2) is 49.6 Å². The Kier molecular flexibility index (Phi) is 8.81. The standard InChI is InChI=1S/C20H32F2N4/c1-3-5-12-26-13-9-18(10-14-26)25-20(23-4-2)24-11-8-16-15-17(21)6-7-19(16)22/h6-7,15,18H,3-5,8-14H2,1-2H3,(H2,23,24,25). The Labute approximate surface area is 156 Å². The zero-order chi connectivity index (χ0) is 18.8. The van der Waals surface area contributed by atoms with Gasteiger partial charge in [-0.2, -0.15) is 0 Å². The SMILES string of the molecule is CCCCN1CCC(NC(=NCCc2cc(F)ccc2F)NCC)CC1. The van der Waals surface area contributed by atoms with Crippen LogP contribution in [0.2, 0.25) is 0 Å². The highest BCUT2D eigenvalue weighted by Gasteiger charge is 2.19. The van der Waals surface area contributed by atoms with Crippen molar-refractivity contribution < 1.29 is 8.78 Å². The maximum Gasteiger partial charge on any atom is 0.191 e. The van der Waals surface area contributed by atoms with Crippen LogP contribution in [0.5, 0.6) is 0 Å². The van der Waals surface area contributed by atoms with Gasteiger partial charge in [-0.05, 0) is 62.9 Å². The molecule has 2 rings (SSSR count). The van der Waals surface area contributed by atoms with E-state index in [1.165, 1.54) is 31.5 Å². The minimum absolute atomic E-state index is 0.369. The molecule has 1 heterocycles. The first-order valence-electron chi connectivity index (χ1n) is 9.83. The molecule has 0 radical (unpaired) electrons. The predicted octanol–water partition coefficient (Wildman–Crippen LogP) is 3.33. The van der Waals surface area contributed by atoms with Crippen molar-refractivity contribution >= 4 is 5.96 Å². The van der Waals surface area contributed by atoms with E-state index in [1.807, 2.05) is 6.92 Å². The fourth-order valence-corrected chi connectivity index (χ4v) is 3.22. The summed E-state index contributed by atoms with van der Waals surface area (Å²) in [4.78, 5) is 7.06. The average Bonchev–Trinajstić information content (AvgIpc) is 2.64. The second kappa shape index (κ2) is 11.1. The van der Waals surface area contributed by atoms with Crippen molar-refractivity contribution in [1.29, 1.82) is 0 Å². The largest absolute Gasteiger partial charge is 0.357 e. The molecule has 1 aliphatic heterocycles. The molecule has 146 valence electrons. The lowest BCUT2D eigenvalue weighted by atomic mass is 10.0. The maximum absolute atomic E-state index is 13.7.